The van der Waals surface area contributed by atoms with Gasteiger partial charge in [0.15, 0.2) is 16.6 Å². The maximum atomic E-state index is 12.8. The van der Waals surface area contributed by atoms with Gasteiger partial charge in [-0.05, 0) is 81.5 Å². The molecule has 0 spiro atoms. The molecule has 0 unspecified atom stereocenters. The number of anilines is 3. The van der Waals surface area contributed by atoms with E-state index >= 15 is 0 Å². The van der Waals surface area contributed by atoms with Crippen LogP contribution in [0.3, 0.4) is 0 Å². The fourth-order valence-corrected chi connectivity index (χ4v) is 3.36. The molecule has 0 aliphatic carbocycles. The highest BCUT2D eigenvalue weighted by Crippen LogP contribution is 2.39. The van der Waals surface area contributed by atoms with E-state index < -0.39 is 5.91 Å². The molecule has 0 atom stereocenters. The van der Waals surface area contributed by atoms with E-state index in [-0.39, 0.29) is 5.11 Å². The van der Waals surface area contributed by atoms with Crippen molar-refractivity contribution in [1.29, 1.82) is 0 Å². The van der Waals surface area contributed by atoms with Crippen molar-refractivity contribution in [2.75, 3.05) is 30.5 Å². The average Bonchev–Trinajstić information content (AvgIpc) is 2.86. The number of ether oxygens (including phenoxy) is 3. The summed E-state index contributed by atoms with van der Waals surface area (Å²) < 4.78 is 17.0. The molecule has 0 bridgehead atoms. The number of para-hydroxylation sites is 1. The molecule has 4 N–H and O–H groups in total. The van der Waals surface area contributed by atoms with Crippen LogP contribution in [0.4, 0.5) is 17.1 Å². The molecule has 0 saturated carbocycles. The normalized spacial score (nSPS) is 10.1. The van der Waals surface area contributed by atoms with Gasteiger partial charge >= 0.3 is 0 Å². The van der Waals surface area contributed by atoms with E-state index in [1.165, 1.54) is 0 Å². The van der Waals surface area contributed by atoms with Crippen molar-refractivity contribution in [3.63, 3.8) is 0 Å². The molecule has 0 saturated heterocycles. The van der Waals surface area contributed by atoms with E-state index in [0.29, 0.717) is 42.6 Å². The predicted molar refractivity (Wildman–Crippen MR) is 143 cm³/mol. The third-order valence-corrected chi connectivity index (χ3v) is 4.87. The molecule has 0 heterocycles. The van der Waals surface area contributed by atoms with E-state index in [4.69, 9.17) is 26.4 Å². The van der Waals surface area contributed by atoms with Gasteiger partial charge in [-0.15, -0.1) is 0 Å². The monoisotopic (exact) mass is 494 g/mol. The minimum atomic E-state index is -0.401. The average molecular weight is 495 g/mol. The largest absolute Gasteiger partial charge is 0.490 e. The van der Waals surface area contributed by atoms with Crippen molar-refractivity contribution in [2.24, 2.45) is 0 Å². The van der Waals surface area contributed by atoms with Crippen LogP contribution in [-0.4, -0.2) is 30.8 Å². The van der Waals surface area contributed by atoms with Crippen LogP contribution in [0.2, 0.25) is 0 Å². The Morgan fingerprint density at radius 1 is 0.743 bits per heavy atom. The molecule has 0 aliphatic heterocycles. The van der Waals surface area contributed by atoms with Gasteiger partial charge < -0.3 is 24.8 Å². The zero-order valence-electron chi connectivity index (χ0n) is 20.0. The van der Waals surface area contributed by atoms with E-state index in [9.17, 15) is 4.79 Å². The first-order chi connectivity index (χ1) is 17.0. The van der Waals surface area contributed by atoms with Crippen molar-refractivity contribution >= 4 is 40.3 Å². The lowest BCUT2D eigenvalue weighted by atomic mass is 10.1. The van der Waals surface area contributed by atoms with Crippen molar-refractivity contribution in [3.05, 3.63) is 72.3 Å². The molecule has 0 aromatic heterocycles. The van der Waals surface area contributed by atoms with Gasteiger partial charge in [0, 0.05) is 22.6 Å². The Morgan fingerprint density at radius 2 is 1.29 bits per heavy atom. The number of thiocarbonyl (C=S) groups is 1. The van der Waals surface area contributed by atoms with Crippen LogP contribution in [0.15, 0.2) is 66.7 Å². The summed E-state index contributed by atoms with van der Waals surface area (Å²) >= 11 is 5.31. The number of rotatable bonds is 10. The van der Waals surface area contributed by atoms with Crippen molar-refractivity contribution in [3.8, 4) is 17.2 Å². The molecule has 3 rings (SSSR count). The van der Waals surface area contributed by atoms with E-state index in [1.807, 2.05) is 75.4 Å². The Balaban J connectivity index is 1.60. The van der Waals surface area contributed by atoms with E-state index in [0.717, 1.165) is 17.1 Å². The van der Waals surface area contributed by atoms with Gasteiger partial charge in [0.25, 0.3) is 5.91 Å². The highest BCUT2D eigenvalue weighted by atomic mass is 32.1. The standard InChI is InChI=1S/C26H30N4O4S/c1-4-32-22-16-18(17-23(33-5-2)24(22)34-6-3)25(31)29-30-26(35)28-21-14-12-20(13-15-21)27-19-10-8-7-9-11-19/h7-17,27H,4-6H2,1-3H3,(H,29,31)(H2,28,30,35). The van der Waals surface area contributed by atoms with Gasteiger partial charge in [-0.3, -0.25) is 15.6 Å². The lowest BCUT2D eigenvalue weighted by Crippen LogP contribution is -2.43. The second-order valence-electron chi connectivity index (χ2n) is 7.20. The Bertz CT molecular complexity index is 1100. The first-order valence-electron chi connectivity index (χ1n) is 11.4. The molecule has 8 nitrogen and oxygen atoms in total. The molecule has 1 amide bonds. The van der Waals surface area contributed by atoms with Crippen molar-refractivity contribution < 1.29 is 19.0 Å². The summed E-state index contributed by atoms with van der Waals surface area (Å²) in [7, 11) is 0. The van der Waals surface area contributed by atoms with Crippen molar-refractivity contribution in [2.45, 2.75) is 20.8 Å². The minimum absolute atomic E-state index is 0.239. The van der Waals surface area contributed by atoms with Crippen LogP contribution in [0.5, 0.6) is 17.2 Å². The Kier molecular flexibility index (Phi) is 9.56. The quantitative estimate of drug-likeness (QED) is 0.224. The molecule has 0 fully saturated rings. The van der Waals surface area contributed by atoms with E-state index in [2.05, 4.69) is 21.5 Å². The lowest BCUT2D eigenvalue weighted by molar-refractivity contribution is 0.0943. The lowest BCUT2D eigenvalue weighted by Gasteiger charge is -2.17. The zero-order chi connectivity index (χ0) is 25.0. The van der Waals surface area contributed by atoms with Gasteiger partial charge in [-0.2, -0.15) is 0 Å². The van der Waals surface area contributed by atoms with Crippen LogP contribution in [0.25, 0.3) is 0 Å². The van der Waals surface area contributed by atoms with Crippen LogP contribution < -0.4 is 35.7 Å². The second-order valence-corrected chi connectivity index (χ2v) is 7.61. The Morgan fingerprint density at radius 3 is 1.86 bits per heavy atom. The topological polar surface area (TPSA) is 92.9 Å². The molecule has 35 heavy (non-hydrogen) atoms. The predicted octanol–water partition coefficient (Wildman–Crippen LogP) is 5.26. The van der Waals surface area contributed by atoms with Gasteiger partial charge in [-0.25, -0.2) is 0 Å². The molecular formula is C26H30N4O4S. The fraction of sp³-hybridized carbons (Fsp3) is 0.231. The number of nitrogens with one attached hydrogen (secondary N) is 4. The minimum Gasteiger partial charge on any atom is -0.490 e. The summed E-state index contributed by atoms with van der Waals surface area (Å²) in [6.07, 6.45) is 0. The smallest absolute Gasteiger partial charge is 0.269 e. The van der Waals surface area contributed by atoms with Crippen LogP contribution in [-0.2, 0) is 0 Å². The SMILES string of the molecule is CCOc1cc(C(=O)NNC(=S)Nc2ccc(Nc3ccccc3)cc2)cc(OCC)c1OCC. The first-order valence-corrected chi connectivity index (χ1v) is 11.8. The molecule has 3 aromatic carbocycles. The molecule has 9 heteroatoms. The summed E-state index contributed by atoms with van der Waals surface area (Å²) in [5.41, 5.74) is 8.37. The molecular weight excluding hydrogens is 464 g/mol. The molecule has 3 aromatic rings. The maximum Gasteiger partial charge on any atom is 0.269 e. The molecule has 0 aliphatic rings. The van der Waals surface area contributed by atoms with Crippen LogP contribution in [0.1, 0.15) is 31.1 Å². The Hall–Kier alpha value is -3.98. The van der Waals surface area contributed by atoms with E-state index in [1.54, 1.807) is 12.1 Å². The summed E-state index contributed by atoms with van der Waals surface area (Å²) in [6, 6.07) is 20.8. The number of carbonyl (C=O) groups excluding carboxylic acids is 1. The van der Waals surface area contributed by atoms with Gasteiger partial charge in [0.2, 0.25) is 5.75 Å². The highest BCUT2D eigenvalue weighted by molar-refractivity contribution is 7.80. The summed E-state index contributed by atoms with van der Waals surface area (Å²) in [5.74, 6) is 0.954. The maximum absolute atomic E-state index is 12.8. The number of amides is 1. The number of hydrogen-bond acceptors (Lipinski definition) is 6. The van der Waals surface area contributed by atoms with Gasteiger partial charge in [-0.1, -0.05) is 18.2 Å². The van der Waals surface area contributed by atoms with Crippen molar-refractivity contribution in [1.82, 2.24) is 10.9 Å². The summed E-state index contributed by atoms with van der Waals surface area (Å²) in [6.45, 7) is 6.87. The van der Waals surface area contributed by atoms with Crippen LogP contribution >= 0.6 is 12.2 Å². The fourth-order valence-electron chi connectivity index (χ4n) is 3.19. The number of benzene rings is 3. The van der Waals surface area contributed by atoms with Gasteiger partial charge in [0.1, 0.15) is 0 Å². The number of hydrazine groups is 1. The Labute approximate surface area is 210 Å². The first kappa shape index (κ1) is 25.6. The highest BCUT2D eigenvalue weighted by Gasteiger charge is 2.18. The third-order valence-electron chi connectivity index (χ3n) is 4.67. The van der Waals surface area contributed by atoms with Crippen LogP contribution in [0, 0.1) is 0 Å². The van der Waals surface area contributed by atoms with Gasteiger partial charge in [0.05, 0.1) is 19.8 Å². The summed E-state index contributed by atoms with van der Waals surface area (Å²) in [5, 5.41) is 6.60. The summed E-state index contributed by atoms with van der Waals surface area (Å²) in [4.78, 5) is 12.8. The molecule has 0 radical (unpaired) electrons. The zero-order valence-corrected chi connectivity index (χ0v) is 20.8. The third kappa shape index (κ3) is 7.51. The molecule has 184 valence electrons. The number of hydrogen-bond donors (Lipinski definition) is 4. The second kappa shape index (κ2) is 13.0. The number of carbonyl (C=O) groups is 1.